The molecule has 32 valence electrons. The van der Waals surface area contributed by atoms with Gasteiger partial charge in [-0.15, -0.1) is 12.3 Å². The van der Waals surface area contributed by atoms with Crippen LogP contribution in [0.15, 0.2) is 0 Å². The Morgan fingerprint density at radius 1 is 2.20 bits per heavy atom. The highest BCUT2D eigenvalue weighted by Gasteiger charge is 1.09. The molecule has 0 atom stereocenters. The fourth-order valence-electron chi connectivity index (χ4n) is 0. The van der Waals surface area contributed by atoms with E-state index in [0.717, 1.165) is 0 Å². The summed E-state index contributed by atoms with van der Waals surface area (Å²) in [6.07, 6.45) is 1.93. The molecular weight excluding hydrogens is 60.1 g/mol. The second kappa shape index (κ2) is 74.4. The fraction of sp³-hybridized carbons (Fsp3) is 0.600. The van der Waals surface area contributed by atoms with Gasteiger partial charge in [-0.3, -0.25) is 0 Å². The predicted octanol–water partition coefficient (Wildman–Crippen LogP) is 1.91. The number of hydrogen-bond donors (Lipinski definition) is 0. The molecule has 0 heteroatoms. The van der Waals surface area contributed by atoms with Gasteiger partial charge in [0.25, 0.3) is 0 Å². The monoisotopic (exact) mass is 75.1 g/mol. The van der Waals surface area contributed by atoms with E-state index in [1.807, 2.05) is 6.40 Å². The van der Waals surface area contributed by atoms with Crippen molar-refractivity contribution in [3.05, 3.63) is 0 Å². The van der Waals surface area contributed by atoms with Crippen molar-refractivity contribution in [2.24, 2.45) is 0 Å². The lowest BCUT2D eigenvalue weighted by atomic mass is 10.9. The highest BCUT2D eigenvalue weighted by molar-refractivity contribution is 4.73. The van der Waals surface area contributed by atoms with Gasteiger partial charge in [0.15, 0.2) is 0 Å². The van der Waals surface area contributed by atoms with E-state index >= 15 is 0 Å². The Morgan fingerprint density at radius 3 is 2.40 bits per heavy atom. The van der Waals surface area contributed by atoms with Gasteiger partial charge in [0.2, 0.25) is 0 Å². The van der Waals surface area contributed by atoms with Gasteiger partial charge in [0.05, 0.1) is 0 Å². The molecule has 0 spiro atoms. The van der Waals surface area contributed by atoms with Crippen molar-refractivity contribution >= 4 is 0 Å². The molecule has 0 fully saturated rings. The third-order valence-corrected chi connectivity index (χ3v) is 0. The van der Waals surface area contributed by atoms with Crippen LogP contribution in [0.1, 0.15) is 24.5 Å². The molecular formula is C5H12. The van der Waals surface area contributed by atoms with Crippen LogP contribution >= 0.6 is 0 Å². The van der Waals surface area contributed by atoms with Gasteiger partial charge in [0.1, 0.15) is 1.37 Å². The zero-order valence-electron chi connectivity index (χ0n) is 5.00. The van der Waals surface area contributed by atoms with Crippen molar-refractivity contribution in [2.75, 3.05) is 0 Å². The highest BCUT2D eigenvalue weighted by atomic mass is 13.2. The summed E-state index contributed by atoms with van der Waals surface area (Å²) in [6, 6.07) is 0. The Balaban J connectivity index is -0.0000000480. The van der Waals surface area contributed by atoms with Crippen LogP contribution < -0.4 is 0 Å². The summed E-state index contributed by atoms with van der Waals surface area (Å²) in [4.78, 5) is 0. The SMILES string of the molecule is C.[2H]C.[3H]C#CC. The standard InChI is InChI=1S/C3H4.2CH4/c1-3-2;;/h1H,2H3;2*1H4/i1T;1D;. The van der Waals surface area contributed by atoms with E-state index < -0.39 is 0 Å². The molecule has 0 saturated heterocycles. The Morgan fingerprint density at radius 2 is 2.40 bits per heavy atom. The molecule has 0 radical (unpaired) electrons. The van der Waals surface area contributed by atoms with Gasteiger partial charge >= 0.3 is 0 Å². The first-order valence-corrected chi connectivity index (χ1v) is 0.750. The van der Waals surface area contributed by atoms with Crippen molar-refractivity contribution in [3.63, 3.8) is 0 Å². The van der Waals surface area contributed by atoms with E-state index in [4.69, 9.17) is 2.74 Å². The van der Waals surface area contributed by atoms with Gasteiger partial charge in [0, 0.05) is 1.37 Å². The molecule has 0 saturated carbocycles. The molecule has 0 aromatic carbocycles. The van der Waals surface area contributed by atoms with Crippen molar-refractivity contribution < 1.29 is 2.74 Å². The number of hydrogen-bond acceptors (Lipinski definition) is 0. The second-order valence-corrected chi connectivity index (χ2v) is 0.250. The third kappa shape index (κ3) is 44.8. The minimum absolute atomic E-state index is 0. The van der Waals surface area contributed by atoms with Crippen molar-refractivity contribution in [1.82, 2.24) is 0 Å². The number of rotatable bonds is 0. The van der Waals surface area contributed by atoms with E-state index in [0.29, 0.717) is 0 Å². The summed E-state index contributed by atoms with van der Waals surface area (Å²) in [6.45, 7) is 1.63. The summed E-state index contributed by atoms with van der Waals surface area (Å²) < 4.78 is 11.8. The third-order valence-electron chi connectivity index (χ3n) is 0. The van der Waals surface area contributed by atoms with Gasteiger partial charge in [-0.1, -0.05) is 14.8 Å². The van der Waals surface area contributed by atoms with Crippen LogP contribution in [-0.4, -0.2) is 0 Å². The smallest absolute Gasteiger partial charge is 0.120 e. The molecule has 0 amide bonds. The average Bonchev–Trinajstić information content (AvgIpc) is 1.72. The highest BCUT2D eigenvalue weighted by Crippen LogP contribution is 1.21. The molecule has 0 aliphatic carbocycles. The molecule has 0 aromatic heterocycles. The first-order valence-electron chi connectivity index (χ1n) is 2.25. The molecule has 5 heavy (non-hydrogen) atoms. The fourth-order valence-corrected chi connectivity index (χ4v) is 0. The van der Waals surface area contributed by atoms with Gasteiger partial charge in [-0.25, -0.2) is 0 Å². The number of terminal acetylenes is 1. The molecule has 0 N–H and O–H groups in total. The van der Waals surface area contributed by atoms with E-state index in [2.05, 4.69) is 5.92 Å². The normalized spacial score (nSPS) is 4.40. The minimum Gasteiger partial charge on any atom is -0.120 e. The average molecular weight is 75.2 g/mol. The van der Waals surface area contributed by atoms with Crippen LogP contribution in [0.2, 0.25) is 0 Å². The molecule has 0 aromatic rings. The second-order valence-electron chi connectivity index (χ2n) is 0.250. The van der Waals surface area contributed by atoms with Crippen LogP contribution in [0, 0.1) is 12.3 Å². The molecule has 0 heterocycles. The maximum absolute atomic E-state index is 6.09. The molecule has 0 aliphatic rings. The predicted molar refractivity (Wildman–Crippen MR) is 28.0 cm³/mol. The van der Waals surface area contributed by atoms with Gasteiger partial charge in [-0.05, 0) is 6.92 Å². The largest absolute Gasteiger partial charge is 0.124 e. The molecule has 0 rings (SSSR count). The lowest BCUT2D eigenvalue weighted by Crippen LogP contribution is -1.10. The first-order chi connectivity index (χ1) is 2.91. The Kier molecular flexibility index (Phi) is 67.8. The molecule has 0 nitrogen and oxygen atoms in total. The van der Waals surface area contributed by atoms with Crippen molar-refractivity contribution in [3.8, 4) is 12.3 Å². The van der Waals surface area contributed by atoms with E-state index in [-0.39, 0.29) is 7.43 Å². The molecule has 0 aliphatic heterocycles. The van der Waals surface area contributed by atoms with Gasteiger partial charge < -0.3 is 0 Å². The van der Waals surface area contributed by atoms with Crippen LogP contribution in [0.4, 0.5) is 0 Å². The Labute approximate surface area is 38.0 Å². The zero-order valence-corrected chi connectivity index (χ0v) is 3.00. The Bertz CT molecular complexity index is 42.8. The first kappa shape index (κ1) is 4.56. The lowest BCUT2D eigenvalue weighted by molar-refractivity contribution is 1.94. The van der Waals surface area contributed by atoms with Crippen LogP contribution in [-0.2, 0) is 0 Å². The summed E-state index contributed by atoms with van der Waals surface area (Å²) in [5, 5.41) is 0. The lowest BCUT2D eigenvalue weighted by Gasteiger charge is -1.23. The van der Waals surface area contributed by atoms with E-state index in [1.165, 1.54) is 7.40 Å². The molecule has 0 bridgehead atoms. The van der Waals surface area contributed by atoms with Crippen LogP contribution in [0.5, 0.6) is 0 Å². The summed E-state index contributed by atoms with van der Waals surface area (Å²) in [5.41, 5.74) is 0. The van der Waals surface area contributed by atoms with Crippen molar-refractivity contribution in [2.45, 2.75) is 21.8 Å². The summed E-state index contributed by atoms with van der Waals surface area (Å²) in [5.74, 6) is 2.35. The topological polar surface area (TPSA) is 0 Å². The maximum Gasteiger partial charge on any atom is 0.124 e. The van der Waals surface area contributed by atoms with Gasteiger partial charge in [-0.2, -0.15) is 0 Å². The zero-order chi connectivity index (χ0) is 5.41. The molecule has 0 unspecified atom stereocenters. The van der Waals surface area contributed by atoms with Crippen LogP contribution in [0.3, 0.4) is 0 Å². The minimum atomic E-state index is 0. The summed E-state index contributed by atoms with van der Waals surface area (Å²) >= 11 is 0. The van der Waals surface area contributed by atoms with Crippen LogP contribution in [0.25, 0.3) is 0 Å². The van der Waals surface area contributed by atoms with E-state index in [9.17, 15) is 0 Å². The van der Waals surface area contributed by atoms with E-state index in [1.54, 1.807) is 6.92 Å². The summed E-state index contributed by atoms with van der Waals surface area (Å²) in [7, 11) is 1.25. The Hall–Kier alpha value is -0.440. The van der Waals surface area contributed by atoms with Crippen molar-refractivity contribution in [1.29, 1.82) is 0 Å². The maximum atomic E-state index is 6.09. The quantitative estimate of drug-likeness (QED) is 0.386.